The molecule has 0 radical (unpaired) electrons. The molecule has 0 amide bonds. The van der Waals surface area contributed by atoms with Gasteiger partial charge in [-0.3, -0.25) is 15.1 Å². The summed E-state index contributed by atoms with van der Waals surface area (Å²) in [6.45, 7) is 2.14. The lowest BCUT2D eigenvalue weighted by atomic mass is 10.1. The lowest BCUT2D eigenvalue weighted by molar-refractivity contribution is -0.385. The highest BCUT2D eigenvalue weighted by Crippen LogP contribution is 2.42. The van der Waals surface area contributed by atoms with Crippen molar-refractivity contribution in [3.8, 4) is 23.0 Å². The third-order valence-corrected chi connectivity index (χ3v) is 5.26. The van der Waals surface area contributed by atoms with Crippen LogP contribution >= 0.6 is 0 Å². The molecule has 0 N–H and O–H groups in total. The number of hydrogen-bond donors (Lipinski definition) is 0. The molecule has 0 unspecified atom stereocenters. The highest BCUT2D eigenvalue weighted by Gasteiger charge is 2.24. The van der Waals surface area contributed by atoms with Crippen molar-refractivity contribution in [2.24, 2.45) is 0 Å². The average molecular weight is 514 g/mol. The van der Waals surface area contributed by atoms with E-state index in [0.717, 1.165) is 5.56 Å². The number of benzene rings is 3. The van der Waals surface area contributed by atoms with E-state index in [1.807, 2.05) is 30.3 Å². The number of rotatable bonds is 10. The molecule has 1 aromatic heterocycles. The van der Waals surface area contributed by atoms with Gasteiger partial charge in [-0.05, 0) is 18.6 Å². The zero-order chi connectivity index (χ0) is 26.5. The van der Waals surface area contributed by atoms with Gasteiger partial charge in [0.25, 0.3) is 5.69 Å². The standard InChI is InChI=1S/C26H21F3N2O6/c1-15(13-35-14-16-6-4-3-5-7-16)36-26-22(34-2)12-20-23(24(26)29)21(8-9-30-20)37-25-18(27)10-17(31(32)33)11-19(25)28/h3-12,15H,13-14H2,1-2H3/t15-/m0/s1. The highest BCUT2D eigenvalue weighted by atomic mass is 19.1. The molecule has 3 aromatic carbocycles. The molecular formula is C26H21F3N2O6. The SMILES string of the molecule is COc1cc2nccc(Oc3c(F)cc([N+](=O)[O-])cc3F)c2c(F)c1O[C@@H](C)COCc1ccccc1. The molecule has 0 aliphatic carbocycles. The number of nitrogens with zero attached hydrogens (tertiary/aromatic N) is 2. The summed E-state index contributed by atoms with van der Waals surface area (Å²) in [4.78, 5) is 14.0. The van der Waals surface area contributed by atoms with Gasteiger partial charge in [0.15, 0.2) is 34.7 Å². The van der Waals surface area contributed by atoms with Gasteiger partial charge in [-0.15, -0.1) is 0 Å². The van der Waals surface area contributed by atoms with Crippen molar-refractivity contribution < 1.29 is 37.0 Å². The van der Waals surface area contributed by atoms with E-state index in [9.17, 15) is 18.9 Å². The molecule has 0 fully saturated rings. The van der Waals surface area contributed by atoms with E-state index in [2.05, 4.69) is 4.98 Å². The first kappa shape index (κ1) is 25.7. The van der Waals surface area contributed by atoms with Crippen LogP contribution in [0.5, 0.6) is 23.0 Å². The summed E-state index contributed by atoms with van der Waals surface area (Å²) < 4.78 is 66.7. The highest BCUT2D eigenvalue weighted by molar-refractivity contribution is 5.89. The molecule has 0 saturated heterocycles. The molecule has 0 bridgehead atoms. The van der Waals surface area contributed by atoms with Crippen LogP contribution in [0.1, 0.15) is 12.5 Å². The lowest BCUT2D eigenvalue weighted by Gasteiger charge is -2.19. The molecule has 0 aliphatic heterocycles. The van der Waals surface area contributed by atoms with E-state index in [4.69, 9.17) is 18.9 Å². The quantitative estimate of drug-likeness (QED) is 0.180. The van der Waals surface area contributed by atoms with Crippen molar-refractivity contribution in [3.63, 3.8) is 0 Å². The number of methoxy groups -OCH3 is 1. The van der Waals surface area contributed by atoms with Gasteiger partial charge in [0.05, 0.1) is 48.3 Å². The fourth-order valence-corrected chi connectivity index (χ4v) is 3.56. The molecule has 1 heterocycles. The molecular weight excluding hydrogens is 493 g/mol. The number of nitro benzene ring substituents is 1. The zero-order valence-corrected chi connectivity index (χ0v) is 19.7. The van der Waals surface area contributed by atoms with Crippen LogP contribution < -0.4 is 14.2 Å². The summed E-state index contributed by atoms with van der Waals surface area (Å²) in [7, 11) is 1.33. The van der Waals surface area contributed by atoms with Crippen LogP contribution in [0.3, 0.4) is 0 Å². The topological polar surface area (TPSA) is 93.0 Å². The Bertz CT molecular complexity index is 1410. The van der Waals surface area contributed by atoms with Gasteiger partial charge in [0.1, 0.15) is 11.9 Å². The minimum atomic E-state index is -1.33. The molecule has 8 nitrogen and oxygen atoms in total. The van der Waals surface area contributed by atoms with Gasteiger partial charge in [0, 0.05) is 12.3 Å². The molecule has 37 heavy (non-hydrogen) atoms. The maximum Gasteiger partial charge on any atom is 0.275 e. The average Bonchev–Trinajstić information content (AvgIpc) is 2.88. The number of pyridine rings is 1. The number of hydrogen-bond acceptors (Lipinski definition) is 7. The van der Waals surface area contributed by atoms with Gasteiger partial charge >= 0.3 is 0 Å². The number of ether oxygens (including phenoxy) is 4. The predicted octanol–water partition coefficient (Wildman–Crippen LogP) is 6.35. The van der Waals surface area contributed by atoms with Crippen molar-refractivity contribution in [2.75, 3.05) is 13.7 Å². The van der Waals surface area contributed by atoms with Gasteiger partial charge in [-0.25, -0.2) is 13.2 Å². The minimum absolute atomic E-state index is 0.0391. The second kappa shape index (κ2) is 11.1. The van der Waals surface area contributed by atoms with E-state index in [-0.39, 0.29) is 34.8 Å². The molecule has 192 valence electrons. The van der Waals surface area contributed by atoms with Crippen molar-refractivity contribution in [3.05, 3.63) is 93.9 Å². The van der Waals surface area contributed by atoms with Crippen LogP contribution in [0.2, 0.25) is 0 Å². The Morgan fingerprint density at radius 3 is 2.35 bits per heavy atom. The second-order valence-electron chi connectivity index (χ2n) is 7.95. The predicted molar refractivity (Wildman–Crippen MR) is 128 cm³/mol. The first-order valence-corrected chi connectivity index (χ1v) is 11.0. The Kier molecular flexibility index (Phi) is 7.73. The van der Waals surface area contributed by atoms with Gasteiger partial charge < -0.3 is 18.9 Å². The maximum absolute atomic E-state index is 15.8. The van der Waals surface area contributed by atoms with Crippen molar-refractivity contribution in [1.82, 2.24) is 4.98 Å². The minimum Gasteiger partial charge on any atom is -0.493 e. The second-order valence-corrected chi connectivity index (χ2v) is 7.95. The van der Waals surface area contributed by atoms with Crippen molar-refractivity contribution >= 4 is 16.6 Å². The molecule has 4 aromatic rings. The van der Waals surface area contributed by atoms with Gasteiger partial charge in [-0.2, -0.15) is 0 Å². The fraction of sp³-hybridized carbons (Fsp3) is 0.192. The summed E-state index contributed by atoms with van der Waals surface area (Å²) in [6, 6.07) is 13.1. The largest absolute Gasteiger partial charge is 0.493 e. The number of aromatic nitrogens is 1. The maximum atomic E-state index is 15.8. The molecule has 4 rings (SSSR count). The van der Waals surface area contributed by atoms with Crippen molar-refractivity contribution in [1.29, 1.82) is 0 Å². The first-order chi connectivity index (χ1) is 17.8. The summed E-state index contributed by atoms with van der Waals surface area (Å²) in [5.74, 6) is -5.04. The molecule has 11 heteroatoms. The van der Waals surface area contributed by atoms with Crippen molar-refractivity contribution in [2.45, 2.75) is 19.6 Å². The van der Waals surface area contributed by atoms with Crippen LogP contribution in [-0.4, -0.2) is 29.7 Å². The fourth-order valence-electron chi connectivity index (χ4n) is 3.56. The summed E-state index contributed by atoms with van der Waals surface area (Å²) in [5.41, 5.74) is 0.231. The van der Waals surface area contributed by atoms with Crippen LogP contribution in [0.15, 0.2) is 60.8 Å². The van der Waals surface area contributed by atoms with Crippen LogP contribution in [-0.2, 0) is 11.3 Å². The van der Waals surface area contributed by atoms with E-state index in [1.165, 1.54) is 25.4 Å². The Balaban J connectivity index is 1.63. The summed E-state index contributed by atoms with van der Waals surface area (Å²) in [6.07, 6.45) is 0.647. The third-order valence-electron chi connectivity index (χ3n) is 5.26. The van der Waals surface area contributed by atoms with E-state index in [1.54, 1.807) is 6.92 Å². The number of fused-ring (bicyclic) bond motifs is 1. The number of non-ortho nitro benzene ring substituents is 1. The van der Waals surface area contributed by atoms with E-state index < -0.39 is 39.9 Å². The molecule has 0 saturated carbocycles. The van der Waals surface area contributed by atoms with Crippen LogP contribution in [0, 0.1) is 27.6 Å². The Labute approximate surface area is 209 Å². The molecule has 0 spiro atoms. The zero-order valence-electron chi connectivity index (χ0n) is 19.7. The smallest absolute Gasteiger partial charge is 0.275 e. The van der Waals surface area contributed by atoms with Crippen LogP contribution in [0.4, 0.5) is 18.9 Å². The van der Waals surface area contributed by atoms with Gasteiger partial charge in [-0.1, -0.05) is 30.3 Å². The normalized spacial score (nSPS) is 11.8. The molecule has 1 atom stereocenters. The number of halogens is 3. The molecule has 0 aliphatic rings. The first-order valence-electron chi connectivity index (χ1n) is 11.0. The summed E-state index contributed by atoms with van der Waals surface area (Å²) in [5, 5.41) is 10.6. The Morgan fingerprint density at radius 2 is 1.70 bits per heavy atom. The van der Waals surface area contributed by atoms with Gasteiger partial charge in [0.2, 0.25) is 0 Å². The lowest BCUT2D eigenvalue weighted by Crippen LogP contribution is -2.20. The third kappa shape index (κ3) is 5.72. The monoisotopic (exact) mass is 514 g/mol. The summed E-state index contributed by atoms with van der Waals surface area (Å²) >= 11 is 0. The Hall–Kier alpha value is -4.38. The van der Waals surface area contributed by atoms with Crippen LogP contribution in [0.25, 0.3) is 10.9 Å². The van der Waals surface area contributed by atoms with E-state index in [0.29, 0.717) is 18.7 Å². The van der Waals surface area contributed by atoms with E-state index >= 15 is 4.39 Å². The number of nitro groups is 1. The Morgan fingerprint density at radius 1 is 1.00 bits per heavy atom.